The average Bonchev–Trinajstić information content (AvgIpc) is 2.58. The van der Waals surface area contributed by atoms with Gasteiger partial charge in [-0.15, -0.1) is 10.2 Å². The molecule has 0 atom stereocenters. The molecule has 22 heavy (non-hydrogen) atoms. The number of rotatable bonds is 3. The molecule has 0 unspecified atom stereocenters. The summed E-state index contributed by atoms with van der Waals surface area (Å²) in [5, 5.41) is 18.0. The Morgan fingerprint density at radius 2 is 1.68 bits per heavy atom. The fraction of sp³-hybridized carbons (Fsp3) is 0. The largest absolute Gasteiger partial charge is 0.437 e. The van der Waals surface area contributed by atoms with Crippen LogP contribution in [0.4, 0.5) is 0 Å². The quantitative estimate of drug-likeness (QED) is 0.716. The maximum absolute atomic E-state index is 9.29. The number of nitriles is 1. The zero-order valence-corrected chi connectivity index (χ0v) is 12.2. The third-order valence-corrected chi connectivity index (χ3v) is 3.23. The predicted molar refractivity (Wildman–Crippen MR) is 83.7 cm³/mol. The van der Waals surface area contributed by atoms with Gasteiger partial charge in [-0.3, -0.25) is 0 Å². The molecule has 2 aromatic carbocycles. The molecule has 4 nitrogen and oxygen atoms in total. The molecule has 0 spiro atoms. The first kappa shape index (κ1) is 14.1. The van der Waals surface area contributed by atoms with Crippen molar-refractivity contribution in [1.82, 2.24) is 10.2 Å². The minimum Gasteiger partial charge on any atom is -0.437 e. The third kappa shape index (κ3) is 3.05. The highest BCUT2D eigenvalue weighted by atomic mass is 35.5. The van der Waals surface area contributed by atoms with E-state index in [0.717, 1.165) is 5.56 Å². The van der Waals surface area contributed by atoms with E-state index in [0.29, 0.717) is 22.0 Å². The summed E-state index contributed by atoms with van der Waals surface area (Å²) < 4.78 is 5.59. The van der Waals surface area contributed by atoms with Crippen molar-refractivity contribution in [3.63, 3.8) is 0 Å². The van der Waals surface area contributed by atoms with E-state index in [9.17, 15) is 5.26 Å². The second kappa shape index (κ2) is 6.25. The summed E-state index contributed by atoms with van der Waals surface area (Å²) in [4.78, 5) is 0. The highest BCUT2D eigenvalue weighted by Crippen LogP contribution is 2.26. The second-order valence-corrected chi connectivity index (χ2v) is 4.92. The van der Waals surface area contributed by atoms with Crippen LogP contribution in [0.15, 0.2) is 60.7 Å². The monoisotopic (exact) mass is 307 g/mol. The van der Waals surface area contributed by atoms with Gasteiger partial charge in [0.1, 0.15) is 17.4 Å². The number of benzene rings is 2. The first-order valence-electron chi connectivity index (χ1n) is 6.53. The van der Waals surface area contributed by atoms with Crippen LogP contribution in [0.1, 0.15) is 5.56 Å². The van der Waals surface area contributed by atoms with Crippen molar-refractivity contribution in [3.8, 4) is 29.0 Å². The Bertz CT molecular complexity index is 827. The van der Waals surface area contributed by atoms with Crippen LogP contribution in [-0.2, 0) is 0 Å². The minimum atomic E-state index is 0.171. The Hall–Kier alpha value is -2.90. The maximum Gasteiger partial charge on any atom is 0.257 e. The van der Waals surface area contributed by atoms with Gasteiger partial charge in [0.2, 0.25) is 0 Å². The van der Waals surface area contributed by atoms with Gasteiger partial charge in [0.05, 0.1) is 5.69 Å². The van der Waals surface area contributed by atoms with Crippen molar-refractivity contribution in [1.29, 1.82) is 5.26 Å². The van der Waals surface area contributed by atoms with Gasteiger partial charge in [-0.25, -0.2) is 0 Å². The summed E-state index contributed by atoms with van der Waals surface area (Å²) >= 11 is 5.83. The molecule has 5 heteroatoms. The molecule has 0 radical (unpaired) electrons. The molecule has 0 amide bonds. The Morgan fingerprint density at radius 1 is 0.955 bits per heavy atom. The van der Waals surface area contributed by atoms with Gasteiger partial charge in [0.25, 0.3) is 5.88 Å². The van der Waals surface area contributed by atoms with E-state index in [-0.39, 0.29) is 5.88 Å². The van der Waals surface area contributed by atoms with E-state index in [4.69, 9.17) is 16.3 Å². The highest BCUT2D eigenvalue weighted by molar-refractivity contribution is 6.30. The van der Waals surface area contributed by atoms with Crippen LogP contribution in [0.25, 0.3) is 11.3 Å². The molecule has 0 aliphatic rings. The fourth-order valence-electron chi connectivity index (χ4n) is 1.90. The first-order chi connectivity index (χ1) is 10.8. The molecule has 1 aromatic heterocycles. The molecule has 0 aliphatic carbocycles. The van der Waals surface area contributed by atoms with Crippen molar-refractivity contribution in [2.75, 3.05) is 0 Å². The molecular formula is C17H10ClN3O. The Labute approximate surface area is 132 Å². The van der Waals surface area contributed by atoms with E-state index in [1.54, 1.807) is 30.3 Å². The predicted octanol–water partition coefficient (Wildman–Crippen LogP) is 4.46. The molecule has 0 fully saturated rings. The Balaban J connectivity index is 1.93. The van der Waals surface area contributed by atoms with Gasteiger partial charge in [-0.2, -0.15) is 5.26 Å². The van der Waals surface area contributed by atoms with Crippen molar-refractivity contribution in [2.24, 2.45) is 0 Å². The number of ether oxygens (including phenoxy) is 1. The van der Waals surface area contributed by atoms with Crippen molar-refractivity contribution in [3.05, 3.63) is 71.2 Å². The van der Waals surface area contributed by atoms with Crippen LogP contribution in [-0.4, -0.2) is 10.2 Å². The van der Waals surface area contributed by atoms with Crippen LogP contribution < -0.4 is 4.74 Å². The molecule has 1 heterocycles. The molecule has 3 rings (SSSR count). The first-order valence-corrected chi connectivity index (χ1v) is 6.91. The number of hydrogen-bond acceptors (Lipinski definition) is 4. The minimum absolute atomic E-state index is 0.171. The average molecular weight is 308 g/mol. The lowest BCUT2D eigenvalue weighted by Crippen LogP contribution is -1.96. The lowest BCUT2D eigenvalue weighted by molar-refractivity contribution is 0.454. The Morgan fingerprint density at radius 3 is 2.36 bits per heavy atom. The summed E-state index contributed by atoms with van der Waals surface area (Å²) in [6, 6.07) is 20.1. The van der Waals surface area contributed by atoms with Crippen molar-refractivity contribution >= 4 is 11.6 Å². The van der Waals surface area contributed by atoms with Crippen molar-refractivity contribution < 1.29 is 4.74 Å². The third-order valence-electron chi connectivity index (χ3n) is 2.98. The second-order valence-electron chi connectivity index (χ2n) is 4.48. The fourth-order valence-corrected chi connectivity index (χ4v) is 2.03. The van der Waals surface area contributed by atoms with Crippen LogP contribution in [0, 0.1) is 11.3 Å². The molecule has 0 saturated carbocycles. The molecule has 0 bridgehead atoms. The number of halogens is 1. The van der Waals surface area contributed by atoms with E-state index in [1.807, 2.05) is 30.3 Å². The number of aromatic nitrogens is 2. The van der Waals surface area contributed by atoms with Gasteiger partial charge in [-0.05, 0) is 30.3 Å². The van der Waals surface area contributed by atoms with Gasteiger partial charge >= 0.3 is 0 Å². The van der Waals surface area contributed by atoms with Gasteiger partial charge in [0.15, 0.2) is 0 Å². The van der Waals surface area contributed by atoms with Crippen molar-refractivity contribution in [2.45, 2.75) is 0 Å². The van der Waals surface area contributed by atoms with Gasteiger partial charge in [0, 0.05) is 10.6 Å². The lowest BCUT2D eigenvalue weighted by Gasteiger charge is -2.07. The van der Waals surface area contributed by atoms with Crippen LogP contribution in [0.2, 0.25) is 5.02 Å². The zero-order chi connectivity index (χ0) is 15.4. The van der Waals surface area contributed by atoms with Crippen LogP contribution in [0.3, 0.4) is 0 Å². The normalized spacial score (nSPS) is 10.0. The maximum atomic E-state index is 9.29. The molecule has 0 N–H and O–H groups in total. The highest BCUT2D eigenvalue weighted by Gasteiger charge is 2.10. The summed E-state index contributed by atoms with van der Waals surface area (Å²) in [5.41, 5.74) is 1.84. The van der Waals surface area contributed by atoms with E-state index in [1.165, 1.54) is 0 Å². The number of hydrogen-bond donors (Lipinski definition) is 0. The smallest absolute Gasteiger partial charge is 0.257 e. The molecule has 106 valence electrons. The van der Waals surface area contributed by atoms with Gasteiger partial charge in [-0.1, -0.05) is 41.9 Å². The summed E-state index contributed by atoms with van der Waals surface area (Å²) in [6.45, 7) is 0. The van der Waals surface area contributed by atoms with E-state index < -0.39 is 0 Å². The van der Waals surface area contributed by atoms with Gasteiger partial charge < -0.3 is 4.74 Å². The zero-order valence-electron chi connectivity index (χ0n) is 11.4. The molecule has 3 aromatic rings. The standard InChI is InChI=1S/C17H10ClN3O/c18-14-6-8-15(9-7-14)22-17-13(11-19)10-16(20-21-17)12-4-2-1-3-5-12/h1-10H. The Kier molecular flexibility index (Phi) is 3.99. The topological polar surface area (TPSA) is 58.8 Å². The lowest BCUT2D eigenvalue weighted by atomic mass is 10.1. The molecule has 0 saturated heterocycles. The molecule has 0 aliphatic heterocycles. The summed E-state index contributed by atoms with van der Waals surface area (Å²) in [7, 11) is 0. The van der Waals surface area contributed by atoms with Crippen LogP contribution >= 0.6 is 11.6 Å². The van der Waals surface area contributed by atoms with Crippen LogP contribution in [0.5, 0.6) is 11.6 Å². The van der Waals surface area contributed by atoms with E-state index >= 15 is 0 Å². The SMILES string of the molecule is N#Cc1cc(-c2ccccc2)nnc1Oc1ccc(Cl)cc1. The number of nitrogens with zero attached hydrogens (tertiary/aromatic N) is 3. The molecular weight excluding hydrogens is 298 g/mol. The summed E-state index contributed by atoms with van der Waals surface area (Å²) in [6.07, 6.45) is 0. The van der Waals surface area contributed by atoms with E-state index in [2.05, 4.69) is 16.3 Å². The summed E-state index contributed by atoms with van der Waals surface area (Å²) in [5.74, 6) is 0.715.